The second kappa shape index (κ2) is 5.32. The minimum absolute atomic E-state index is 0.420. The third-order valence-corrected chi connectivity index (χ3v) is 3.28. The standard InChI is InChI=1S/C12H7Cl2N5S/c13-7-3-8(14)5-9(4-7)19-11(17-18-12(19)20)10-6-15-1-2-16-10/h1-6H,(H,18,20). The number of hydrogen-bond donors (Lipinski definition) is 1. The first-order valence-electron chi connectivity index (χ1n) is 5.55. The summed E-state index contributed by atoms with van der Waals surface area (Å²) < 4.78 is 2.13. The molecule has 0 saturated heterocycles. The minimum atomic E-state index is 0.420. The monoisotopic (exact) mass is 323 g/mol. The van der Waals surface area contributed by atoms with Crippen LogP contribution >= 0.6 is 35.4 Å². The molecule has 0 aliphatic carbocycles. The molecule has 20 heavy (non-hydrogen) atoms. The van der Waals surface area contributed by atoms with Crippen LogP contribution in [-0.2, 0) is 0 Å². The lowest BCUT2D eigenvalue weighted by atomic mass is 10.3. The molecule has 0 fully saturated rings. The van der Waals surface area contributed by atoms with E-state index in [2.05, 4.69) is 20.2 Å². The molecule has 0 saturated carbocycles. The molecule has 0 aliphatic heterocycles. The van der Waals surface area contributed by atoms with E-state index >= 15 is 0 Å². The third kappa shape index (κ3) is 2.45. The highest BCUT2D eigenvalue weighted by Crippen LogP contribution is 2.25. The molecule has 2 aromatic heterocycles. The summed E-state index contributed by atoms with van der Waals surface area (Å²) in [5.41, 5.74) is 1.30. The van der Waals surface area contributed by atoms with Gasteiger partial charge in [0.15, 0.2) is 10.6 Å². The summed E-state index contributed by atoms with van der Waals surface area (Å²) in [5, 5.41) is 7.94. The maximum absolute atomic E-state index is 6.03. The molecule has 8 heteroatoms. The highest BCUT2D eigenvalue weighted by Gasteiger charge is 2.12. The van der Waals surface area contributed by atoms with Crippen molar-refractivity contribution in [3.05, 3.63) is 51.6 Å². The van der Waals surface area contributed by atoms with Crippen molar-refractivity contribution in [2.45, 2.75) is 0 Å². The molecule has 1 aromatic carbocycles. The molecule has 0 unspecified atom stereocenters. The zero-order chi connectivity index (χ0) is 14.1. The summed E-state index contributed by atoms with van der Waals surface area (Å²) in [7, 11) is 0. The average Bonchev–Trinajstić information content (AvgIpc) is 2.80. The van der Waals surface area contributed by atoms with E-state index in [1.807, 2.05) is 0 Å². The lowest BCUT2D eigenvalue weighted by Crippen LogP contribution is -1.99. The fraction of sp³-hybridized carbons (Fsp3) is 0. The van der Waals surface area contributed by atoms with Crippen molar-refractivity contribution in [3.63, 3.8) is 0 Å². The second-order valence-electron chi connectivity index (χ2n) is 3.91. The molecule has 0 radical (unpaired) electrons. The number of halogens is 2. The normalized spacial score (nSPS) is 10.7. The van der Waals surface area contributed by atoms with Gasteiger partial charge >= 0.3 is 0 Å². The Morgan fingerprint density at radius 1 is 1.10 bits per heavy atom. The van der Waals surface area contributed by atoms with E-state index in [0.29, 0.717) is 32.0 Å². The molecule has 2 heterocycles. The largest absolute Gasteiger partial charge is 0.267 e. The van der Waals surface area contributed by atoms with Crippen LogP contribution in [-0.4, -0.2) is 24.7 Å². The van der Waals surface area contributed by atoms with E-state index < -0.39 is 0 Å². The van der Waals surface area contributed by atoms with Gasteiger partial charge in [0.1, 0.15) is 5.69 Å². The summed E-state index contributed by atoms with van der Waals surface area (Å²) >= 11 is 17.3. The van der Waals surface area contributed by atoms with Gasteiger partial charge in [0.2, 0.25) is 0 Å². The fourth-order valence-electron chi connectivity index (χ4n) is 1.79. The van der Waals surface area contributed by atoms with E-state index in [1.165, 1.54) is 0 Å². The van der Waals surface area contributed by atoms with Crippen LogP contribution in [0.25, 0.3) is 17.2 Å². The van der Waals surface area contributed by atoms with Crippen molar-refractivity contribution in [3.8, 4) is 17.2 Å². The first kappa shape index (κ1) is 13.2. The molecular weight excluding hydrogens is 317 g/mol. The van der Waals surface area contributed by atoms with Crippen molar-refractivity contribution >= 4 is 35.4 Å². The molecule has 3 aromatic rings. The van der Waals surface area contributed by atoms with Crippen molar-refractivity contribution in [2.24, 2.45) is 0 Å². The topological polar surface area (TPSA) is 59.4 Å². The smallest absolute Gasteiger partial charge is 0.200 e. The Morgan fingerprint density at radius 3 is 2.50 bits per heavy atom. The molecule has 0 aliphatic rings. The number of H-pyrrole nitrogens is 1. The molecule has 0 atom stereocenters. The predicted octanol–water partition coefficient (Wildman–Crippen LogP) is 3.69. The summed E-state index contributed by atoms with van der Waals surface area (Å²) in [5.74, 6) is 0.543. The highest BCUT2D eigenvalue weighted by atomic mass is 35.5. The lowest BCUT2D eigenvalue weighted by Gasteiger charge is -2.07. The van der Waals surface area contributed by atoms with Crippen LogP contribution in [0.5, 0.6) is 0 Å². The Bertz CT molecular complexity index is 792. The zero-order valence-corrected chi connectivity index (χ0v) is 12.2. The molecule has 0 bridgehead atoms. The molecule has 100 valence electrons. The number of hydrogen-bond acceptors (Lipinski definition) is 4. The van der Waals surface area contributed by atoms with Gasteiger partial charge in [-0.15, -0.1) is 0 Å². The summed E-state index contributed by atoms with van der Waals surface area (Å²) in [6, 6.07) is 5.15. The van der Waals surface area contributed by atoms with E-state index in [1.54, 1.807) is 41.4 Å². The Kier molecular flexibility index (Phi) is 3.52. The van der Waals surface area contributed by atoms with Crippen LogP contribution in [0.15, 0.2) is 36.8 Å². The van der Waals surface area contributed by atoms with Gasteiger partial charge < -0.3 is 0 Å². The molecule has 5 nitrogen and oxygen atoms in total. The minimum Gasteiger partial charge on any atom is -0.267 e. The van der Waals surface area contributed by atoms with Gasteiger partial charge in [-0.25, -0.2) is 4.98 Å². The third-order valence-electron chi connectivity index (χ3n) is 2.57. The Labute approximate surface area is 129 Å². The van der Waals surface area contributed by atoms with E-state index in [0.717, 1.165) is 0 Å². The van der Waals surface area contributed by atoms with Gasteiger partial charge in [0.25, 0.3) is 0 Å². The van der Waals surface area contributed by atoms with Crippen LogP contribution in [0, 0.1) is 4.77 Å². The van der Waals surface area contributed by atoms with E-state index in [-0.39, 0.29) is 0 Å². The van der Waals surface area contributed by atoms with Crippen LogP contribution in [0.3, 0.4) is 0 Å². The van der Waals surface area contributed by atoms with Crippen LogP contribution in [0.4, 0.5) is 0 Å². The van der Waals surface area contributed by atoms with E-state index in [4.69, 9.17) is 35.4 Å². The maximum atomic E-state index is 6.03. The fourth-order valence-corrected chi connectivity index (χ4v) is 2.54. The van der Waals surface area contributed by atoms with Crippen LogP contribution in [0.1, 0.15) is 0 Å². The Balaban J connectivity index is 2.24. The van der Waals surface area contributed by atoms with Gasteiger partial charge in [-0.2, -0.15) is 5.10 Å². The van der Waals surface area contributed by atoms with Gasteiger partial charge in [0.05, 0.1) is 11.9 Å². The number of benzene rings is 1. The maximum Gasteiger partial charge on any atom is 0.200 e. The highest BCUT2D eigenvalue weighted by molar-refractivity contribution is 7.71. The summed E-state index contributed by atoms with van der Waals surface area (Å²) in [6.07, 6.45) is 4.78. The first-order chi connectivity index (χ1) is 9.65. The quantitative estimate of drug-likeness (QED) is 0.730. The SMILES string of the molecule is S=c1[nH]nc(-c2cnccn2)n1-c1cc(Cl)cc(Cl)c1. The van der Waals surface area contributed by atoms with Crippen molar-refractivity contribution in [1.29, 1.82) is 0 Å². The van der Waals surface area contributed by atoms with Crippen molar-refractivity contribution < 1.29 is 0 Å². The summed E-state index contributed by atoms with van der Waals surface area (Å²) in [6.45, 7) is 0. The predicted molar refractivity (Wildman–Crippen MR) is 79.8 cm³/mol. The summed E-state index contributed by atoms with van der Waals surface area (Å²) in [4.78, 5) is 8.24. The molecule has 0 amide bonds. The Morgan fingerprint density at radius 2 is 1.85 bits per heavy atom. The Hall–Kier alpha value is -1.76. The van der Waals surface area contributed by atoms with Crippen LogP contribution in [0.2, 0.25) is 10.0 Å². The van der Waals surface area contributed by atoms with Crippen molar-refractivity contribution in [2.75, 3.05) is 0 Å². The second-order valence-corrected chi connectivity index (χ2v) is 5.17. The zero-order valence-electron chi connectivity index (χ0n) is 9.92. The first-order valence-corrected chi connectivity index (χ1v) is 6.72. The number of nitrogens with one attached hydrogen (secondary N) is 1. The van der Waals surface area contributed by atoms with Gasteiger partial charge in [-0.3, -0.25) is 14.6 Å². The number of aromatic amines is 1. The lowest BCUT2D eigenvalue weighted by molar-refractivity contribution is 1.02. The van der Waals surface area contributed by atoms with Gasteiger partial charge in [-0.05, 0) is 30.4 Å². The van der Waals surface area contributed by atoms with Gasteiger partial charge in [-0.1, -0.05) is 23.2 Å². The van der Waals surface area contributed by atoms with Gasteiger partial charge in [0, 0.05) is 22.4 Å². The molecular formula is C12H7Cl2N5S. The number of rotatable bonds is 2. The van der Waals surface area contributed by atoms with E-state index in [9.17, 15) is 0 Å². The number of nitrogens with zero attached hydrogens (tertiary/aromatic N) is 4. The molecule has 1 N–H and O–H groups in total. The van der Waals surface area contributed by atoms with Crippen LogP contribution < -0.4 is 0 Å². The molecule has 3 rings (SSSR count). The number of aromatic nitrogens is 5. The average molecular weight is 324 g/mol. The van der Waals surface area contributed by atoms with Crippen molar-refractivity contribution in [1.82, 2.24) is 24.7 Å². The molecule has 0 spiro atoms.